The largest absolute Gasteiger partial charge is 0.368 e. The standard InChI is InChI=1S/C23H24N4O/c1-18-7-9-19(10-8-18)25-20-11-12-24-22(17-20)23(28)27-15-13-26(14-16-27)21-5-3-2-4-6-21/h2-12,17H,13-16H2,1H3,(H,24,25). The first-order valence-corrected chi connectivity index (χ1v) is 9.58. The van der Waals surface area contributed by atoms with Crippen LogP contribution in [0.25, 0.3) is 0 Å². The number of benzene rings is 2. The maximum absolute atomic E-state index is 12.9. The predicted molar refractivity (Wildman–Crippen MR) is 113 cm³/mol. The lowest BCUT2D eigenvalue weighted by Crippen LogP contribution is -2.49. The van der Waals surface area contributed by atoms with E-state index >= 15 is 0 Å². The lowest BCUT2D eigenvalue weighted by Gasteiger charge is -2.36. The molecule has 1 N–H and O–H groups in total. The normalized spacial score (nSPS) is 14.0. The van der Waals surface area contributed by atoms with Crippen molar-refractivity contribution in [3.05, 3.63) is 84.2 Å². The highest BCUT2D eigenvalue weighted by Crippen LogP contribution is 2.19. The number of carbonyl (C=O) groups is 1. The lowest BCUT2D eigenvalue weighted by atomic mass is 10.2. The minimum atomic E-state index is -0.0136. The average Bonchev–Trinajstić information content (AvgIpc) is 2.76. The van der Waals surface area contributed by atoms with Gasteiger partial charge in [-0.25, -0.2) is 0 Å². The van der Waals surface area contributed by atoms with Crippen molar-refractivity contribution in [2.45, 2.75) is 6.92 Å². The zero-order valence-electron chi connectivity index (χ0n) is 16.0. The first-order chi connectivity index (χ1) is 13.7. The molecule has 0 spiro atoms. The number of hydrogen-bond donors (Lipinski definition) is 1. The van der Waals surface area contributed by atoms with E-state index in [4.69, 9.17) is 0 Å². The minimum Gasteiger partial charge on any atom is -0.368 e. The van der Waals surface area contributed by atoms with Crippen LogP contribution in [0.1, 0.15) is 16.1 Å². The summed E-state index contributed by atoms with van der Waals surface area (Å²) in [6, 6.07) is 22.2. The van der Waals surface area contributed by atoms with Gasteiger partial charge in [-0.2, -0.15) is 0 Å². The molecule has 0 saturated carbocycles. The molecule has 5 nitrogen and oxygen atoms in total. The van der Waals surface area contributed by atoms with Crippen LogP contribution in [0.4, 0.5) is 17.1 Å². The third-order valence-corrected chi connectivity index (χ3v) is 5.01. The number of piperazine rings is 1. The molecular formula is C23H24N4O. The Labute approximate surface area is 165 Å². The van der Waals surface area contributed by atoms with Gasteiger partial charge < -0.3 is 15.1 Å². The third kappa shape index (κ3) is 4.14. The van der Waals surface area contributed by atoms with Crippen molar-refractivity contribution in [2.75, 3.05) is 36.4 Å². The quantitative estimate of drug-likeness (QED) is 0.749. The van der Waals surface area contributed by atoms with E-state index in [1.165, 1.54) is 11.3 Å². The Morgan fingerprint density at radius 1 is 0.893 bits per heavy atom. The van der Waals surface area contributed by atoms with E-state index in [-0.39, 0.29) is 5.91 Å². The number of pyridine rings is 1. The van der Waals surface area contributed by atoms with E-state index in [0.717, 1.165) is 24.5 Å². The van der Waals surface area contributed by atoms with Gasteiger partial charge in [0, 0.05) is 49.4 Å². The fourth-order valence-electron chi connectivity index (χ4n) is 3.40. The van der Waals surface area contributed by atoms with Gasteiger partial charge in [0.05, 0.1) is 0 Å². The average molecular weight is 372 g/mol. The van der Waals surface area contributed by atoms with Gasteiger partial charge in [-0.1, -0.05) is 35.9 Å². The van der Waals surface area contributed by atoms with E-state index in [2.05, 4.69) is 46.4 Å². The summed E-state index contributed by atoms with van der Waals surface area (Å²) in [4.78, 5) is 21.4. The summed E-state index contributed by atoms with van der Waals surface area (Å²) < 4.78 is 0. The fraction of sp³-hybridized carbons (Fsp3) is 0.217. The smallest absolute Gasteiger partial charge is 0.272 e. The van der Waals surface area contributed by atoms with Crippen LogP contribution in [-0.4, -0.2) is 42.0 Å². The van der Waals surface area contributed by atoms with Gasteiger partial charge in [0.2, 0.25) is 0 Å². The highest BCUT2D eigenvalue weighted by Gasteiger charge is 2.23. The van der Waals surface area contributed by atoms with Gasteiger partial charge in [0.1, 0.15) is 5.69 Å². The zero-order chi connectivity index (χ0) is 19.3. The number of nitrogens with one attached hydrogen (secondary N) is 1. The molecule has 0 radical (unpaired) electrons. The van der Waals surface area contributed by atoms with Crippen LogP contribution in [0.3, 0.4) is 0 Å². The number of anilines is 3. The van der Waals surface area contributed by atoms with Crippen LogP contribution in [0.15, 0.2) is 72.9 Å². The molecule has 1 aliphatic heterocycles. The van der Waals surface area contributed by atoms with E-state index in [0.29, 0.717) is 18.8 Å². The Morgan fingerprint density at radius 3 is 2.32 bits per heavy atom. The molecule has 0 unspecified atom stereocenters. The van der Waals surface area contributed by atoms with Gasteiger partial charge in [-0.05, 0) is 43.3 Å². The zero-order valence-corrected chi connectivity index (χ0v) is 16.0. The van der Waals surface area contributed by atoms with Crippen molar-refractivity contribution in [3.63, 3.8) is 0 Å². The molecule has 142 valence electrons. The maximum atomic E-state index is 12.9. The molecule has 1 aromatic heterocycles. The van der Waals surface area contributed by atoms with Crippen molar-refractivity contribution >= 4 is 23.0 Å². The van der Waals surface area contributed by atoms with E-state index in [9.17, 15) is 4.79 Å². The summed E-state index contributed by atoms with van der Waals surface area (Å²) in [5, 5.41) is 3.34. The van der Waals surface area contributed by atoms with Crippen LogP contribution in [0.5, 0.6) is 0 Å². The second-order valence-corrected chi connectivity index (χ2v) is 7.04. The van der Waals surface area contributed by atoms with Crippen molar-refractivity contribution in [3.8, 4) is 0 Å². The number of aromatic nitrogens is 1. The van der Waals surface area contributed by atoms with Crippen molar-refractivity contribution in [2.24, 2.45) is 0 Å². The molecule has 0 aliphatic carbocycles. The summed E-state index contributed by atoms with van der Waals surface area (Å²) >= 11 is 0. The van der Waals surface area contributed by atoms with Gasteiger partial charge in [0.25, 0.3) is 5.91 Å². The van der Waals surface area contributed by atoms with Gasteiger partial charge >= 0.3 is 0 Å². The molecule has 1 aliphatic rings. The van der Waals surface area contributed by atoms with E-state index in [1.807, 2.05) is 47.4 Å². The second-order valence-electron chi connectivity index (χ2n) is 7.04. The number of rotatable bonds is 4. The predicted octanol–water partition coefficient (Wildman–Crippen LogP) is 4.10. The molecule has 3 aromatic rings. The van der Waals surface area contributed by atoms with Crippen molar-refractivity contribution in [1.29, 1.82) is 0 Å². The Morgan fingerprint density at radius 2 is 1.61 bits per heavy atom. The van der Waals surface area contributed by atoms with Gasteiger partial charge in [-0.15, -0.1) is 0 Å². The van der Waals surface area contributed by atoms with Crippen molar-refractivity contribution in [1.82, 2.24) is 9.88 Å². The summed E-state index contributed by atoms with van der Waals surface area (Å²) in [6.07, 6.45) is 1.68. The molecule has 1 saturated heterocycles. The van der Waals surface area contributed by atoms with E-state index in [1.54, 1.807) is 6.20 Å². The number of nitrogens with zero attached hydrogens (tertiary/aromatic N) is 3. The maximum Gasteiger partial charge on any atom is 0.272 e. The highest BCUT2D eigenvalue weighted by molar-refractivity contribution is 5.93. The van der Waals surface area contributed by atoms with Crippen LogP contribution in [0, 0.1) is 6.92 Å². The van der Waals surface area contributed by atoms with Crippen LogP contribution >= 0.6 is 0 Å². The van der Waals surface area contributed by atoms with Crippen LogP contribution in [-0.2, 0) is 0 Å². The number of para-hydroxylation sites is 1. The van der Waals surface area contributed by atoms with Crippen LogP contribution in [0.2, 0.25) is 0 Å². The third-order valence-electron chi connectivity index (χ3n) is 5.01. The minimum absolute atomic E-state index is 0.0136. The summed E-state index contributed by atoms with van der Waals surface area (Å²) in [7, 11) is 0. The van der Waals surface area contributed by atoms with Crippen LogP contribution < -0.4 is 10.2 Å². The summed E-state index contributed by atoms with van der Waals surface area (Å²) in [6.45, 7) is 5.12. The molecular weight excluding hydrogens is 348 g/mol. The van der Waals surface area contributed by atoms with Gasteiger partial charge in [-0.3, -0.25) is 9.78 Å². The number of carbonyl (C=O) groups excluding carboxylic acids is 1. The lowest BCUT2D eigenvalue weighted by molar-refractivity contribution is 0.0741. The Balaban J connectivity index is 1.40. The topological polar surface area (TPSA) is 48.5 Å². The molecule has 1 fully saturated rings. The molecule has 2 aromatic carbocycles. The molecule has 0 atom stereocenters. The molecule has 2 heterocycles. The highest BCUT2D eigenvalue weighted by atomic mass is 16.2. The second kappa shape index (κ2) is 8.13. The van der Waals surface area contributed by atoms with E-state index < -0.39 is 0 Å². The van der Waals surface area contributed by atoms with Gasteiger partial charge in [0.15, 0.2) is 0 Å². The molecule has 1 amide bonds. The molecule has 28 heavy (non-hydrogen) atoms. The monoisotopic (exact) mass is 372 g/mol. The fourth-order valence-corrected chi connectivity index (χ4v) is 3.40. The SMILES string of the molecule is Cc1ccc(Nc2ccnc(C(=O)N3CCN(c4ccccc4)CC3)c2)cc1. The number of aryl methyl sites for hydroxylation is 1. The molecule has 0 bridgehead atoms. The number of amides is 1. The summed E-state index contributed by atoms with van der Waals surface area (Å²) in [5.74, 6) is -0.0136. The Hall–Kier alpha value is -3.34. The number of hydrogen-bond acceptors (Lipinski definition) is 4. The van der Waals surface area contributed by atoms with Crippen molar-refractivity contribution < 1.29 is 4.79 Å². The first-order valence-electron chi connectivity index (χ1n) is 9.58. The summed E-state index contributed by atoms with van der Waals surface area (Å²) in [5.41, 5.74) is 4.75. The first kappa shape index (κ1) is 18.0. The Bertz CT molecular complexity index is 932. The molecule has 4 rings (SSSR count). The molecule has 5 heteroatoms. The Kier molecular flexibility index (Phi) is 5.24.